The van der Waals surface area contributed by atoms with E-state index in [0.717, 1.165) is 0 Å². The van der Waals surface area contributed by atoms with Crippen LogP contribution in [0.1, 0.15) is 27.7 Å². The second kappa shape index (κ2) is 6.84. The fraction of sp³-hybridized carbons (Fsp3) is 0.600. The average molecular weight is 356 g/mol. The Labute approximate surface area is 143 Å². The lowest BCUT2D eigenvalue weighted by atomic mass is 10.0. The van der Waals surface area contributed by atoms with Crippen molar-refractivity contribution >= 4 is 36.0 Å². The molecule has 0 aromatic rings. The zero-order valence-electron chi connectivity index (χ0n) is 14.0. The zero-order chi connectivity index (χ0) is 18.1. The van der Waals surface area contributed by atoms with Crippen molar-refractivity contribution in [3.05, 3.63) is 11.3 Å². The molecule has 0 spiro atoms. The third-order valence-corrected chi connectivity index (χ3v) is 4.68. The molecule has 0 unspecified atom stereocenters. The van der Waals surface area contributed by atoms with Crippen LogP contribution in [0, 0.1) is 0 Å². The second-order valence-corrected chi connectivity index (χ2v) is 7.51. The Morgan fingerprint density at radius 3 is 2.62 bits per heavy atom. The number of hydrogen-bond donors (Lipinski definition) is 1. The molecule has 0 aromatic heterocycles. The lowest BCUT2D eigenvalue weighted by Crippen LogP contribution is -2.69. The summed E-state index contributed by atoms with van der Waals surface area (Å²) in [4.78, 5) is 47.8. The summed E-state index contributed by atoms with van der Waals surface area (Å²) in [6.07, 6.45) is 0.464. The summed E-state index contributed by atoms with van der Waals surface area (Å²) < 4.78 is 10.4. The number of carbonyl (C=O) groups is 4. The topological polar surface area (TPSA) is 102 Å². The maximum absolute atomic E-state index is 12.6. The van der Waals surface area contributed by atoms with E-state index >= 15 is 0 Å². The van der Waals surface area contributed by atoms with E-state index in [4.69, 9.17) is 9.47 Å². The van der Waals surface area contributed by atoms with E-state index in [-0.39, 0.29) is 23.6 Å². The summed E-state index contributed by atoms with van der Waals surface area (Å²) in [5, 5.41) is 2.08. The van der Waals surface area contributed by atoms with Gasteiger partial charge in [-0.25, -0.2) is 4.79 Å². The first-order chi connectivity index (χ1) is 11.2. The number of nitrogens with one attached hydrogen (secondary N) is 1. The normalized spacial score (nSPS) is 23.2. The Kier molecular flexibility index (Phi) is 5.22. The minimum Gasteiger partial charge on any atom is -0.461 e. The number of thioether (sulfide) groups is 1. The highest BCUT2D eigenvalue weighted by Gasteiger charge is 2.54. The number of nitrogens with zero attached hydrogens (tertiary/aromatic N) is 1. The van der Waals surface area contributed by atoms with Gasteiger partial charge in [-0.2, -0.15) is 0 Å². The molecule has 132 valence electrons. The number of rotatable bonds is 5. The van der Waals surface area contributed by atoms with Crippen molar-refractivity contribution in [1.82, 2.24) is 10.2 Å². The summed E-state index contributed by atoms with van der Waals surface area (Å²) >= 11 is 1.39. The van der Waals surface area contributed by atoms with E-state index in [2.05, 4.69) is 5.32 Å². The molecule has 8 nitrogen and oxygen atoms in total. The van der Waals surface area contributed by atoms with Gasteiger partial charge >= 0.3 is 11.9 Å². The second-order valence-electron chi connectivity index (χ2n) is 6.41. The van der Waals surface area contributed by atoms with Crippen LogP contribution in [-0.2, 0) is 28.7 Å². The molecule has 1 fully saturated rings. The smallest absolute Gasteiger partial charge is 0.355 e. The van der Waals surface area contributed by atoms with Crippen LogP contribution in [0.15, 0.2) is 11.3 Å². The maximum atomic E-state index is 12.6. The molecule has 24 heavy (non-hydrogen) atoms. The van der Waals surface area contributed by atoms with Gasteiger partial charge < -0.3 is 14.8 Å². The van der Waals surface area contributed by atoms with Gasteiger partial charge in [0, 0.05) is 18.2 Å². The number of β-lactam (4-membered cyclic amide) rings is 1. The summed E-state index contributed by atoms with van der Waals surface area (Å²) in [6.45, 7) is 6.35. The number of hydrogen-bond acceptors (Lipinski definition) is 7. The molecule has 0 bridgehead atoms. The van der Waals surface area contributed by atoms with Gasteiger partial charge in [0.05, 0.1) is 0 Å². The number of amides is 2. The molecule has 2 atom stereocenters. The van der Waals surface area contributed by atoms with Gasteiger partial charge in [0.2, 0.25) is 6.41 Å². The highest BCUT2D eigenvalue weighted by atomic mass is 32.2. The van der Waals surface area contributed by atoms with Crippen LogP contribution >= 0.6 is 11.8 Å². The third kappa shape index (κ3) is 3.72. The largest absolute Gasteiger partial charge is 0.461 e. The van der Waals surface area contributed by atoms with E-state index in [0.29, 0.717) is 17.7 Å². The third-order valence-electron chi connectivity index (χ3n) is 3.34. The van der Waals surface area contributed by atoms with Gasteiger partial charge in [-0.1, -0.05) is 0 Å². The lowest BCUT2D eigenvalue weighted by molar-refractivity contribution is -0.159. The standard InChI is InChI=1S/C15H20N2O6S/c1-8(19)22-5-9-6-24-13-10(16-7-18)12(20)17(13)11(9)14(21)23-15(2,3)4/h7,10,13H,5-6H2,1-4H3,(H,16,18)/t10-,13-/m1/s1. The minimum absolute atomic E-state index is 0.0841. The van der Waals surface area contributed by atoms with Crippen molar-refractivity contribution in [2.75, 3.05) is 12.4 Å². The molecular weight excluding hydrogens is 336 g/mol. The monoisotopic (exact) mass is 356 g/mol. The van der Waals surface area contributed by atoms with Crippen LogP contribution in [0.2, 0.25) is 0 Å². The maximum Gasteiger partial charge on any atom is 0.355 e. The fourth-order valence-corrected chi connectivity index (χ4v) is 3.73. The van der Waals surface area contributed by atoms with Crippen LogP contribution in [0.5, 0.6) is 0 Å². The Balaban J connectivity index is 2.30. The van der Waals surface area contributed by atoms with E-state index < -0.39 is 23.6 Å². The molecule has 9 heteroatoms. The first-order valence-corrected chi connectivity index (χ1v) is 8.43. The van der Waals surface area contributed by atoms with Gasteiger partial charge in [0.25, 0.3) is 5.91 Å². The summed E-state index contributed by atoms with van der Waals surface area (Å²) in [7, 11) is 0. The molecule has 2 heterocycles. The molecule has 0 radical (unpaired) electrons. The van der Waals surface area contributed by atoms with Crippen molar-refractivity contribution in [3.63, 3.8) is 0 Å². The van der Waals surface area contributed by atoms with Gasteiger partial charge in [0.1, 0.15) is 29.3 Å². The first kappa shape index (κ1) is 18.3. The van der Waals surface area contributed by atoms with Gasteiger partial charge in [-0.15, -0.1) is 11.8 Å². The van der Waals surface area contributed by atoms with Crippen molar-refractivity contribution in [2.24, 2.45) is 0 Å². The summed E-state index contributed by atoms with van der Waals surface area (Å²) in [6, 6.07) is -0.666. The minimum atomic E-state index is -0.731. The summed E-state index contributed by atoms with van der Waals surface area (Å²) in [5.74, 6) is -1.12. The lowest BCUT2D eigenvalue weighted by Gasteiger charge is -2.49. The Morgan fingerprint density at radius 2 is 2.08 bits per heavy atom. The first-order valence-electron chi connectivity index (χ1n) is 7.39. The highest BCUT2D eigenvalue weighted by Crippen LogP contribution is 2.40. The number of fused-ring (bicyclic) bond motifs is 1. The highest BCUT2D eigenvalue weighted by molar-refractivity contribution is 8.00. The van der Waals surface area contributed by atoms with Gasteiger partial charge in [-0.3, -0.25) is 19.3 Å². The molecule has 1 N–H and O–H groups in total. The fourth-order valence-electron chi connectivity index (χ4n) is 2.39. The van der Waals surface area contributed by atoms with Crippen LogP contribution in [0.25, 0.3) is 0 Å². The Bertz CT molecular complexity index is 610. The van der Waals surface area contributed by atoms with Crippen molar-refractivity contribution in [2.45, 2.75) is 44.7 Å². The molecular formula is C15H20N2O6S. The molecule has 2 rings (SSSR count). The molecule has 2 aliphatic heterocycles. The zero-order valence-corrected chi connectivity index (χ0v) is 14.8. The van der Waals surface area contributed by atoms with E-state index in [1.807, 2.05) is 0 Å². The molecule has 0 saturated carbocycles. The molecule has 1 saturated heterocycles. The summed E-state index contributed by atoms with van der Waals surface area (Å²) in [5.41, 5.74) is -0.118. The van der Waals surface area contributed by atoms with Crippen molar-refractivity contribution in [3.8, 4) is 0 Å². The number of ether oxygens (including phenoxy) is 2. The predicted molar refractivity (Wildman–Crippen MR) is 85.6 cm³/mol. The Morgan fingerprint density at radius 1 is 1.42 bits per heavy atom. The predicted octanol–water partition coefficient (Wildman–Crippen LogP) is 0.175. The van der Waals surface area contributed by atoms with Crippen molar-refractivity contribution in [1.29, 1.82) is 0 Å². The average Bonchev–Trinajstić information content (AvgIpc) is 2.47. The van der Waals surface area contributed by atoms with Crippen LogP contribution in [0.3, 0.4) is 0 Å². The molecule has 0 aromatic carbocycles. The molecule has 0 aliphatic carbocycles. The Hall–Kier alpha value is -2.03. The van der Waals surface area contributed by atoms with E-state index in [1.165, 1.54) is 23.6 Å². The number of esters is 2. The van der Waals surface area contributed by atoms with Gasteiger partial charge in [-0.05, 0) is 20.8 Å². The molecule has 2 amide bonds. The van der Waals surface area contributed by atoms with Crippen LogP contribution in [0.4, 0.5) is 0 Å². The number of carbonyl (C=O) groups excluding carboxylic acids is 4. The van der Waals surface area contributed by atoms with Crippen LogP contribution < -0.4 is 5.32 Å². The SMILES string of the molecule is CC(=O)OCC1=C(C(=O)OC(C)(C)C)N2C(=O)[C@@H](NC=O)[C@H]2SC1. The van der Waals surface area contributed by atoms with E-state index in [9.17, 15) is 19.2 Å². The molecule has 2 aliphatic rings. The van der Waals surface area contributed by atoms with Crippen LogP contribution in [-0.4, -0.2) is 58.5 Å². The van der Waals surface area contributed by atoms with E-state index in [1.54, 1.807) is 20.8 Å². The van der Waals surface area contributed by atoms with Crippen molar-refractivity contribution < 1.29 is 28.7 Å². The quantitative estimate of drug-likeness (QED) is 0.426. The van der Waals surface area contributed by atoms with Gasteiger partial charge in [0.15, 0.2) is 0 Å².